The fourth-order valence-corrected chi connectivity index (χ4v) is 2.96. The first kappa shape index (κ1) is 15.6. The Morgan fingerprint density at radius 1 is 1.35 bits per heavy atom. The minimum atomic E-state index is -0.328. The van der Waals surface area contributed by atoms with E-state index in [-0.39, 0.29) is 17.3 Å². The molecule has 1 aromatic carbocycles. The first-order valence-electron chi connectivity index (χ1n) is 7.94. The van der Waals surface area contributed by atoms with E-state index in [0.717, 1.165) is 24.8 Å². The van der Waals surface area contributed by atoms with Gasteiger partial charge in [-0.25, -0.2) is 4.39 Å². The molecule has 5 nitrogen and oxygen atoms in total. The van der Waals surface area contributed by atoms with Crippen LogP contribution in [0.5, 0.6) is 0 Å². The van der Waals surface area contributed by atoms with Gasteiger partial charge in [0.25, 0.3) is 0 Å². The van der Waals surface area contributed by atoms with Crippen molar-refractivity contribution < 1.29 is 13.7 Å². The van der Waals surface area contributed by atoms with Crippen LogP contribution in [0.4, 0.5) is 4.39 Å². The number of nitrogens with one attached hydrogen (secondary N) is 1. The van der Waals surface area contributed by atoms with Gasteiger partial charge in [0.05, 0.1) is 5.54 Å². The van der Waals surface area contributed by atoms with Crippen LogP contribution in [0.1, 0.15) is 49.4 Å². The molecule has 1 aliphatic rings. The molecule has 3 rings (SSSR count). The molecule has 6 heteroatoms. The second-order valence-corrected chi connectivity index (χ2v) is 6.08. The first-order chi connectivity index (χ1) is 11.1. The highest BCUT2D eigenvalue weighted by atomic mass is 19.1. The van der Waals surface area contributed by atoms with Crippen molar-refractivity contribution in [1.29, 1.82) is 0 Å². The maximum absolute atomic E-state index is 13.1. The van der Waals surface area contributed by atoms with E-state index in [2.05, 4.69) is 15.5 Å². The van der Waals surface area contributed by atoms with Gasteiger partial charge in [0.15, 0.2) is 5.82 Å². The molecule has 0 radical (unpaired) electrons. The van der Waals surface area contributed by atoms with Crippen LogP contribution in [0.3, 0.4) is 0 Å². The summed E-state index contributed by atoms with van der Waals surface area (Å²) >= 11 is 0. The van der Waals surface area contributed by atoms with Crippen LogP contribution >= 0.6 is 0 Å². The smallest absolute Gasteiger partial charge is 0.226 e. The number of aromatic nitrogens is 2. The maximum Gasteiger partial charge on any atom is 0.226 e. The maximum atomic E-state index is 13.1. The number of nitrogens with zero attached hydrogens (tertiary/aromatic N) is 2. The number of rotatable bonds is 6. The van der Waals surface area contributed by atoms with Crippen LogP contribution in [-0.4, -0.2) is 16.0 Å². The first-order valence-corrected chi connectivity index (χ1v) is 7.94. The van der Waals surface area contributed by atoms with Crippen molar-refractivity contribution in [3.8, 4) is 0 Å². The average Bonchev–Trinajstić information content (AvgIpc) is 2.89. The number of benzene rings is 1. The third kappa shape index (κ3) is 3.57. The van der Waals surface area contributed by atoms with E-state index in [4.69, 9.17) is 4.52 Å². The zero-order valence-electron chi connectivity index (χ0n) is 13.1. The Bertz CT molecular complexity index is 677. The number of amides is 1. The average molecular weight is 317 g/mol. The Morgan fingerprint density at radius 3 is 2.65 bits per heavy atom. The van der Waals surface area contributed by atoms with Gasteiger partial charge in [-0.2, -0.15) is 4.98 Å². The molecule has 1 fully saturated rings. The third-order valence-corrected chi connectivity index (χ3v) is 4.35. The van der Waals surface area contributed by atoms with Crippen molar-refractivity contribution in [1.82, 2.24) is 15.5 Å². The lowest BCUT2D eigenvalue weighted by atomic mass is 9.71. The van der Waals surface area contributed by atoms with Gasteiger partial charge in [0, 0.05) is 12.8 Å². The Hall–Kier alpha value is -2.24. The van der Waals surface area contributed by atoms with Gasteiger partial charge in [-0.15, -0.1) is 0 Å². The molecule has 0 saturated heterocycles. The highest BCUT2D eigenvalue weighted by Gasteiger charge is 2.39. The summed E-state index contributed by atoms with van der Waals surface area (Å²) in [5.74, 6) is 0.913. The zero-order chi connectivity index (χ0) is 16.3. The molecule has 2 aromatic rings. The van der Waals surface area contributed by atoms with Crippen molar-refractivity contribution in [2.75, 3.05) is 0 Å². The van der Waals surface area contributed by atoms with Crippen molar-refractivity contribution in [3.05, 3.63) is 47.4 Å². The molecule has 1 heterocycles. The molecule has 0 spiro atoms. The van der Waals surface area contributed by atoms with E-state index in [1.165, 1.54) is 12.1 Å². The van der Waals surface area contributed by atoms with Crippen molar-refractivity contribution in [2.45, 2.75) is 51.0 Å². The number of halogens is 1. The molecule has 122 valence electrons. The van der Waals surface area contributed by atoms with Gasteiger partial charge in [-0.1, -0.05) is 17.3 Å². The molecule has 0 bridgehead atoms. The fraction of sp³-hybridized carbons (Fsp3) is 0.471. The number of hydrogen-bond donors (Lipinski definition) is 1. The molecule has 1 aliphatic carbocycles. The molecule has 1 aromatic heterocycles. The number of carbonyl (C=O) groups is 1. The van der Waals surface area contributed by atoms with Gasteiger partial charge in [0.1, 0.15) is 5.82 Å². The topological polar surface area (TPSA) is 68.0 Å². The molecule has 1 amide bonds. The summed E-state index contributed by atoms with van der Waals surface area (Å²) in [6.07, 6.45) is 4.52. The monoisotopic (exact) mass is 317 g/mol. The molecule has 0 unspecified atom stereocenters. The Labute approximate surface area is 134 Å². The highest BCUT2D eigenvalue weighted by Crippen LogP contribution is 2.41. The standard InChI is InChI=1S/C17H20FN3O2/c1-12-19-16(23-21-12)5-2-4-15(22)20-17(10-3-11-17)13-6-8-14(18)9-7-13/h6-9H,2-5,10-11H2,1H3,(H,20,22). The minimum Gasteiger partial charge on any atom is -0.347 e. The molecule has 23 heavy (non-hydrogen) atoms. The third-order valence-electron chi connectivity index (χ3n) is 4.35. The minimum absolute atomic E-state index is 0.00487. The summed E-state index contributed by atoms with van der Waals surface area (Å²) in [6.45, 7) is 1.77. The normalized spacial score (nSPS) is 15.9. The SMILES string of the molecule is Cc1noc(CCCC(=O)NC2(c3ccc(F)cc3)CCC2)n1. The number of carbonyl (C=O) groups excluding carboxylic acids is 1. The molecule has 1 saturated carbocycles. The van der Waals surface area contributed by atoms with Crippen molar-refractivity contribution in [2.24, 2.45) is 0 Å². The van der Waals surface area contributed by atoms with Crippen LogP contribution in [-0.2, 0) is 16.8 Å². The lowest BCUT2D eigenvalue weighted by Gasteiger charge is -2.43. The van der Waals surface area contributed by atoms with E-state index in [1.54, 1.807) is 19.1 Å². The van der Waals surface area contributed by atoms with Gasteiger partial charge >= 0.3 is 0 Å². The van der Waals surface area contributed by atoms with E-state index in [0.29, 0.717) is 31.0 Å². The zero-order valence-corrected chi connectivity index (χ0v) is 13.1. The predicted octanol–water partition coefficient (Wildman–Crippen LogP) is 3.04. The fourth-order valence-electron chi connectivity index (χ4n) is 2.96. The summed E-state index contributed by atoms with van der Waals surface area (Å²) in [4.78, 5) is 16.4. The lowest BCUT2D eigenvalue weighted by molar-refractivity contribution is -0.124. The highest BCUT2D eigenvalue weighted by molar-refractivity contribution is 5.77. The Kier molecular flexibility index (Phi) is 4.41. The predicted molar refractivity (Wildman–Crippen MR) is 82.0 cm³/mol. The summed E-state index contributed by atoms with van der Waals surface area (Å²) in [7, 11) is 0. The van der Waals surface area contributed by atoms with Crippen LogP contribution in [0.2, 0.25) is 0 Å². The van der Waals surface area contributed by atoms with E-state index in [9.17, 15) is 9.18 Å². The molecular weight excluding hydrogens is 297 g/mol. The van der Waals surface area contributed by atoms with Crippen LogP contribution in [0, 0.1) is 12.7 Å². The number of hydrogen-bond acceptors (Lipinski definition) is 4. The van der Waals surface area contributed by atoms with Gasteiger partial charge < -0.3 is 9.84 Å². The van der Waals surface area contributed by atoms with Gasteiger partial charge in [-0.3, -0.25) is 4.79 Å². The summed E-state index contributed by atoms with van der Waals surface area (Å²) in [5, 5.41) is 6.85. The van der Waals surface area contributed by atoms with E-state index < -0.39 is 0 Å². The number of aryl methyl sites for hydroxylation is 2. The summed E-state index contributed by atoms with van der Waals surface area (Å²) in [6, 6.07) is 6.41. The lowest BCUT2D eigenvalue weighted by Crippen LogP contribution is -2.50. The van der Waals surface area contributed by atoms with Crippen LogP contribution < -0.4 is 5.32 Å². The summed E-state index contributed by atoms with van der Waals surface area (Å²) < 4.78 is 18.1. The van der Waals surface area contributed by atoms with Crippen LogP contribution in [0.15, 0.2) is 28.8 Å². The Morgan fingerprint density at radius 2 is 2.09 bits per heavy atom. The van der Waals surface area contributed by atoms with E-state index in [1.807, 2.05) is 0 Å². The largest absolute Gasteiger partial charge is 0.347 e. The molecule has 0 aliphatic heterocycles. The second-order valence-electron chi connectivity index (χ2n) is 6.08. The Balaban J connectivity index is 1.54. The quantitative estimate of drug-likeness (QED) is 0.889. The van der Waals surface area contributed by atoms with Crippen LogP contribution in [0.25, 0.3) is 0 Å². The van der Waals surface area contributed by atoms with Crippen molar-refractivity contribution >= 4 is 5.91 Å². The van der Waals surface area contributed by atoms with Gasteiger partial charge in [0.2, 0.25) is 11.8 Å². The summed E-state index contributed by atoms with van der Waals surface area (Å²) in [5.41, 5.74) is 0.650. The van der Waals surface area contributed by atoms with Crippen molar-refractivity contribution in [3.63, 3.8) is 0 Å². The second kappa shape index (κ2) is 6.48. The molecular formula is C17H20FN3O2. The van der Waals surface area contributed by atoms with Gasteiger partial charge in [-0.05, 0) is 50.3 Å². The van der Waals surface area contributed by atoms with E-state index >= 15 is 0 Å². The molecule has 1 N–H and O–H groups in total. The molecule has 0 atom stereocenters.